The molecular weight excluding hydrogens is 186 g/mol. The molecule has 3 nitrogen and oxygen atoms in total. The van der Waals surface area contributed by atoms with Crippen molar-refractivity contribution in [2.24, 2.45) is 10.7 Å². The fourth-order valence-corrected chi connectivity index (χ4v) is 1.24. The second kappa shape index (κ2) is 5.29. The maximum atomic E-state index is 5.54. The van der Waals surface area contributed by atoms with Gasteiger partial charge in [0.2, 0.25) is 0 Å². The summed E-state index contributed by atoms with van der Waals surface area (Å²) in [5, 5.41) is 0. The van der Waals surface area contributed by atoms with E-state index >= 15 is 0 Å². The number of aliphatic imine (C=N–C) groups is 1. The highest BCUT2D eigenvalue weighted by Crippen LogP contribution is 2.13. The Balaban J connectivity index is 2.99. The van der Waals surface area contributed by atoms with Crippen molar-refractivity contribution in [1.82, 2.24) is 4.98 Å². The molecular formula is C12H17N3. The highest BCUT2D eigenvalue weighted by Gasteiger charge is 2.00. The smallest absolute Gasteiger partial charge is 0.0965 e. The van der Waals surface area contributed by atoms with Crippen molar-refractivity contribution < 1.29 is 0 Å². The number of nitrogens with two attached hydrogens (primary N) is 1. The zero-order valence-electron chi connectivity index (χ0n) is 9.49. The van der Waals surface area contributed by atoms with Crippen LogP contribution < -0.4 is 5.73 Å². The number of allylic oxidation sites excluding steroid dienone is 1. The quantitative estimate of drug-likeness (QED) is 0.605. The lowest BCUT2D eigenvalue weighted by Gasteiger charge is -2.02. The third-order valence-corrected chi connectivity index (χ3v) is 2.07. The van der Waals surface area contributed by atoms with E-state index in [-0.39, 0.29) is 0 Å². The molecule has 0 atom stereocenters. The summed E-state index contributed by atoms with van der Waals surface area (Å²) in [4.78, 5) is 8.56. The normalized spacial score (nSPS) is 13.0. The van der Waals surface area contributed by atoms with Gasteiger partial charge in [-0.15, -0.1) is 0 Å². The van der Waals surface area contributed by atoms with Gasteiger partial charge in [0.25, 0.3) is 0 Å². The molecule has 1 aromatic rings. The molecule has 1 rings (SSSR count). The number of pyridine rings is 1. The number of hydrogen-bond donors (Lipinski definition) is 1. The maximum Gasteiger partial charge on any atom is 0.0965 e. The molecule has 0 saturated carbocycles. The van der Waals surface area contributed by atoms with Crippen molar-refractivity contribution in [3.63, 3.8) is 0 Å². The molecule has 0 amide bonds. The molecule has 1 heterocycles. The summed E-state index contributed by atoms with van der Waals surface area (Å²) in [5.74, 6) is 0.546. The Hall–Kier alpha value is -1.64. The molecule has 80 valence electrons. The minimum Gasteiger partial charge on any atom is -0.387 e. The van der Waals surface area contributed by atoms with Gasteiger partial charge in [-0.05, 0) is 31.9 Å². The van der Waals surface area contributed by atoms with Crippen LogP contribution in [-0.4, -0.2) is 10.8 Å². The Labute approximate surface area is 90.8 Å². The number of amidine groups is 1. The van der Waals surface area contributed by atoms with E-state index in [2.05, 4.69) is 23.0 Å². The second-order valence-corrected chi connectivity index (χ2v) is 3.33. The van der Waals surface area contributed by atoms with Crippen LogP contribution in [0.5, 0.6) is 0 Å². The Kier molecular flexibility index (Phi) is 4.03. The topological polar surface area (TPSA) is 51.3 Å². The molecule has 0 spiro atoms. The lowest BCUT2D eigenvalue weighted by Crippen LogP contribution is -2.05. The summed E-state index contributed by atoms with van der Waals surface area (Å²) in [6.07, 6.45) is 4.78. The summed E-state index contributed by atoms with van der Waals surface area (Å²) >= 11 is 0. The highest BCUT2D eigenvalue weighted by molar-refractivity contribution is 5.84. The summed E-state index contributed by atoms with van der Waals surface area (Å²) < 4.78 is 0. The molecule has 0 aromatic carbocycles. The molecule has 0 radical (unpaired) electrons. The minimum absolute atomic E-state index is 0.546. The SMILES string of the molecule is C/C=C(\N=C(/C)N)c1ccc(CC)cn1. The number of rotatable bonds is 3. The molecule has 2 N–H and O–H groups in total. The van der Waals surface area contributed by atoms with E-state index in [1.165, 1.54) is 5.56 Å². The zero-order chi connectivity index (χ0) is 11.3. The highest BCUT2D eigenvalue weighted by atomic mass is 14.9. The van der Waals surface area contributed by atoms with E-state index in [0.717, 1.165) is 17.8 Å². The maximum absolute atomic E-state index is 5.54. The summed E-state index contributed by atoms with van der Waals surface area (Å²) in [5.41, 5.74) is 8.45. The predicted molar refractivity (Wildman–Crippen MR) is 64.6 cm³/mol. The van der Waals surface area contributed by atoms with Gasteiger partial charge in [0.05, 0.1) is 17.2 Å². The van der Waals surface area contributed by atoms with Crippen molar-refractivity contribution in [3.8, 4) is 0 Å². The van der Waals surface area contributed by atoms with E-state index in [0.29, 0.717) is 5.84 Å². The molecule has 1 aromatic heterocycles. The third-order valence-electron chi connectivity index (χ3n) is 2.07. The lowest BCUT2D eigenvalue weighted by atomic mass is 10.2. The van der Waals surface area contributed by atoms with Gasteiger partial charge in [0, 0.05) is 6.20 Å². The molecule has 0 aliphatic rings. The van der Waals surface area contributed by atoms with Crippen molar-refractivity contribution in [1.29, 1.82) is 0 Å². The monoisotopic (exact) mass is 203 g/mol. The second-order valence-electron chi connectivity index (χ2n) is 3.33. The van der Waals surface area contributed by atoms with Crippen LogP contribution in [0.1, 0.15) is 32.0 Å². The molecule has 15 heavy (non-hydrogen) atoms. The first-order valence-electron chi connectivity index (χ1n) is 5.09. The van der Waals surface area contributed by atoms with Crippen molar-refractivity contribution >= 4 is 11.5 Å². The van der Waals surface area contributed by atoms with Gasteiger partial charge in [-0.1, -0.05) is 19.1 Å². The Morgan fingerprint density at radius 3 is 2.67 bits per heavy atom. The van der Waals surface area contributed by atoms with E-state index in [9.17, 15) is 0 Å². The van der Waals surface area contributed by atoms with Gasteiger partial charge in [-0.3, -0.25) is 4.98 Å². The zero-order valence-corrected chi connectivity index (χ0v) is 9.49. The van der Waals surface area contributed by atoms with E-state index in [1.54, 1.807) is 6.92 Å². The molecule has 0 saturated heterocycles. The standard InChI is InChI=1S/C12H17N3/c1-4-10-6-7-12(14-8-10)11(5-2)15-9(3)13/h5-8H,4H2,1-3H3,(H2,13,15)/b11-5-. The Morgan fingerprint density at radius 1 is 1.53 bits per heavy atom. The van der Waals surface area contributed by atoms with Crippen LogP contribution in [0.25, 0.3) is 5.70 Å². The first-order chi connectivity index (χ1) is 7.17. The van der Waals surface area contributed by atoms with Crippen LogP contribution in [0.4, 0.5) is 0 Å². The van der Waals surface area contributed by atoms with Gasteiger partial charge in [0.15, 0.2) is 0 Å². The van der Waals surface area contributed by atoms with Crippen LogP contribution in [0.15, 0.2) is 29.4 Å². The number of nitrogens with zero attached hydrogens (tertiary/aromatic N) is 2. The molecule has 0 unspecified atom stereocenters. The van der Waals surface area contributed by atoms with Gasteiger partial charge >= 0.3 is 0 Å². The van der Waals surface area contributed by atoms with Gasteiger partial charge in [-0.2, -0.15) is 0 Å². The average molecular weight is 203 g/mol. The molecule has 0 aliphatic carbocycles. The largest absolute Gasteiger partial charge is 0.387 e. The molecule has 0 fully saturated rings. The molecule has 0 bridgehead atoms. The van der Waals surface area contributed by atoms with Crippen molar-refractivity contribution in [3.05, 3.63) is 35.7 Å². The van der Waals surface area contributed by atoms with Crippen LogP contribution >= 0.6 is 0 Å². The van der Waals surface area contributed by atoms with Gasteiger partial charge in [-0.25, -0.2) is 4.99 Å². The fraction of sp³-hybridized carbons (Fsp3) is 0.333. The minimum atomic E-state index is 0.546. The Bertz CT molecular complexity index is 370. The average Bonchev–Trinajstić information content (AvgIpc) is 2.26. The van der Waals surface area contributed by atoms with Gasteiger partial charge in [0.1, 0.15) is 0 Å². The van der Waals surface area contributed by atoms with E-state index < -0.39 is 0 Å². The van der Waals surface area contributed by atoms with Crippen LogP contribution in [0, 0.1) is 0 Å². The molecule has 0 aliphatic heterocycles. The summed E-state index contributed by atoms with van der Waals surface area (Å²) in [6.45, 7) is 5.80. The lowest BCUT2D eigenvalue weighted by molar-refractivity contribution is 1.09. The summed E-state index contributed by atoms with van der Waals surface area (Å²) in [6, 6.07) is 4.04. The van der Waals surface area contributed by atoms with E-state index in [1.807, 2.05) is 25.3 Å². The first-order valence-corrected chi connectivity index (χ1v) is 5.09. The van der Waals surface area contributed by atoms with Crippen LogP contribution in [-0.2, 0) is 6.42 Å². The predicted octanol–water partition coefficient (Wildman–Crippen LogP) is 2.38. The van der Waals surface area contributed by atoms with E-state index in [4.69, 9.17) is 5.73 Å². The van der Waals surface area contributed by atoms with Crippen LogP contribution in [0.2, 0.25) is 0 Å². The van der Waals surface area contributed by atoms with Gasteiger partial charge < -0.3 is 5.73 Å². The van der Waals surface area contributed by atoms with Crippen molar-refractivity contribution in [2.75, 3.05) is 0 Å². The number of hydrogen-bond acceptors (Lipinski definition) is 2. The fourth-order valence-electron chi connectivity index (χ4n) is 1.24. The van der Waals surface area contributed by atoms with Crippen LogP contribution in [0.3, 0.4) is 0 Å². The number of aryl methyl sites for hydroxylation is 1. The van der Waals surface area contributed by atoms with Crippen molar-refractivity contribution in [2.45, 2.75) is 27.2 Å². The first kappa shape index (κ1) is 11.4. The Morgan fingerprint density at radius 2 is 2.27 bits per heavy atom. The third kappa shape index (κ3) is 3.20. The molecule has 3 heteroatoms. The summed E-state index contributed by atoms with van der Waals surface area (Å²) in [7, 11) is 0. The number of aromatic nitrogens is 1.